The smallest absolute Gasteiger partial charge is 0.390 e. The van der Waals surface area contributed by atoms with Gasteiger partial charge in [0.15, 0.2) is 0 Å². The Balaban J connectivity index is 1.33. The molecule has 3 N–H and O–H groups in total. The maximum Gasteiger partial charge on any atom is 0.416 e. The number of carbonyl (C=O) groups is 2. The third-order valence-corrected chi connectivity index (χ3v) is 9.42. The van der Waals surface area contributed by atoms with Gasteiger partial charge in [-0.2, -0.15) is 13.2 Å². The number of alkyl halides is 3. The number of hydrogen-bond donors (Lipinski definition) is 3. The highest BCUT2D eigenvalue weighted by Crippen LogP contribution is 2.46. The van der Waals surface area contributed by atoms with E-state index in [1.807, 2.05) is 35.2 Å². The summed E-state index contributed by atoms with van der Waals surface area (Å²) in [6.07, 6.45) is 0.607. The van der Waals surface area contributed by atoms with Crippen LogP contribution in [-0.2, 0) is 24.6 Å². The summed E-state index contributed by atoms with van der Waals surface area (Å²) in [6, 6.07) is 19.6. The van der Waals surface area contributed by atoms with Crippen molar-refractivity contribution in [3.63, 3.8) is 0 Å². The lowest BCUT2D eigenvalue weighted by atomic mass is 9.91. The van der Waals surface area contributed by atoms with E-state index in [0.717, 1.165) is 42.9 Å². The largest absolute Gasteiger partial charge is 0.416 e. The molecule has 246 valence electrons. The molecule has 0 bridgehead atoms. The fraction of sp³-hybridized carbons (Fsp3) is 0.459. The lowest BCUT2D eigenvalue weighted by Gasteiger charge is -2.36. The summed E-state index contributed by atoms with van der Waals surface area (Å²) in [5, 5.41) is 17.8. The van der Waals surface area contributed by atoms with E-state index in [2.05, 4.69) is 24.5 Å². The van der Waals surface area contributed by atoms with Crippen molar-refractivity contribution in [3.8, 4) is 0 Å². The van der Waals surface area contributed by atoms with Crippen LogP contribution < -0.4 is 10.6 Å². The number of amides is 2. The monoisotopic (exact) mass is 635 g/mol. The Bertz CT molecular complexity index is 1500. The minimum absolute atomic E-state index is 0.0443. The molecule has 1 saturated carbocycles. The Morgan fingerprint density at radius 2 is 1.67 bits per heavy atom. The number of aliphatic hydroxyl groups excluding tert-OH is 1. The van der Waals surface area contributed by atoms with Crippen LogP contribution >= 0.6 is 0 Å². The van der Waals surface area contributed by atoms with Gasteiger partial charge in [0.2, 0.25) is 0 Å². The summed E-state index contributed by atoms with van der Waals surface area (Å²) in [5.41, 5.74) is 1.80. The Labute approximate surface area is 269 Å². The van der Waals surface area contributed by atoms with Crippen molar-refractivity contribution >= 4 is 11.8 Å². The van der Waals surface area contributed by atoms with Gasteiger partial charge in [0.25, 0.3) is 11.8 Å². The predicted molar refractivity (Wildman–Crippen MR) is 173 cm³/mol. The second kappa shape index (κ2) is 14.4. The van der Waals surface area contributed by atoms with Crippen LogP contribution in [0.1, 0.15) is 95.3 Å². The number of halogens is 3. The van der Waals surface area contributed by atoms with Gasteiger partial charge in [-0.25, -0.2) is 0 Å². The maximum atomic E-state index is 13.8. The van der Waals surface area contributed by atoms with E-state index in [0.29, 0.717) is 48.9 Å². The minimum Gasteiger partial charge on any atom is -0.390 e. The molecule has 1 aliphatic heterocycles. The number of rotatable bonds is 14. The normalized spacial score (nSPS) is 17.0. The molecular formula is C37H44F3N3O3. The summed E-state index contributed by atoms with van der Waals surface area (Å²) in [5.74, 6) is -0.409. The molecule has 2 unspecified atom stereocenters. The van der Waals surface area contributed by atoms with Gasteiger partial charge in [-0.3, -0.25) is 9.59 Å². The molecule has 6 nitrogen and oxygen atoms in total. The van der Waals surface area contributed by atoms with Crippen molar-refractivity contribution in [3.05, 3.63) is 106 Å². The van der Waals surface area contributed by atoms with Crippen molar-refractivity contribution < 1.29 is 27.9 Å². The topological polar surface area (TPSA) is 81.7 Å². The van der Waals surface area contributed by atoms with Crippen LogP contribution in [0.15, 0.2) is 72.8 Å². The van der Waals surface area contributed by atoms with Crippen molar-refractivity contribution in [1.29, 1.82) is 0 Å². The van der Waals surface area contributed by atoms with E-state index in [1.165, 1.54) is 12.1 Å². The molecule has 2 atom stereocenters. The number of fused-ring (bicyclic) bond motifs is 1. The molecule has 5 rings (SSSR count). The molecule has 1 heterocycles. The number of benzene rings is 3. The molecule has 3 aromatic carbocycles. The number of aliphatic hydroxyl groups is 1. The van der Waals surface area contributed by atoms with E-state index in [-0.39, 0.29) is 24.4 Å². The minimum atomic E-state index is -4.44. The summed E-state index contributed by atoms with van der Waals surface area (Å²) in [6.45, 7) is 4.88. The zero-order valence-electron chi connectivity index (χ0n) is 26.6. The Hall–Kier alpha value is -3.69. The van der Waals surface area contributed by atoms with Gasteiger partial charge in [-0.1, -0.05) is 75.2 Å². The number of hydrogen-bond acceptors (Lipinski definition) is 4. The van der Waals surface area contributed by atoms with Crippen LogP contribution in [0.5, 0.6) is 0 Å². The molecule has 0 spiro atoms. The molecule has 46 heavy (non-hydrogen) atoms. The van der Waals surface area contributed by atoms with Gasteiger partial charge >= 0.3 is 6.18 Å². The standard InChI is InChI=1S/C37H44F3N3O3/c1-3-10-28(11-4-2)43-21-18-29-30(16-9-17-31(29)35(43)46)34(45)42-32(22-25-12-6-5-7-13-25)33(44)24-41-36(19-20-36)26-14-8-15-27(23-26)37(38,39)40/h5-9,12-17,23,28,32-33,41,44H,3-4,10-11,18-22,24H2,1-2H3,(H,42,45). The number of nitrogens with zero attached hydrogens (tertiary/aromatic N) is 1. The lowest BCUT2D eigenvalue weighted by molar-refractivity contribution is -0.137. The molecule has 0 radical (unpaired) electrons. The van der Waals surface area contributed by atoms with E-state index >= 15 is 0 Å². The highest BCUT2D eigenvalue weighted by atomic mass is 19.4. The van der Waals surface area contributed by atoms with E-state index < -0.39 is 29.4 Å². The highest BCUT2D eigenvalue weighted by Gasteiger charge is 2.45. The van der Waals surface area contributed by atoms with Gasteiger partial charge in [0, 0.05) is 35.8 Å². The van der Waals surface area contributed by atoms with Crippen LogP contribution in [0.4, 0.5) is 13.2 Å². The van der Waals surface area contributed by atoms with E-state index in [1.54, 1.807) is 24.3 Å². The second-order valence-corrected chi connectivity index (χ2v) is 12.7. The van der Waals surface area contributed by atoms with Gasteiger partial charge < -0.3 is 20.6 Å². The van der Waals surface area contributed by atoms with Crippen molar-refractivity contribution in [1.82, 2.24) is 15.5 Å². The summed E-state index contributed by atoms with van der Waals surface area (Å²) >= 11 is 0. The second-order valence-electron chi connectivity index (χ2n) is 12.7. The average Bonchev–Trinajstić information content (AvgIpc) is 3.85. The summed E-state index contributed by atoms with van der Waals surface area (Å²) in [7, 11) is 0. The first kappa shape index (κ1) is 33.7. The molecule has 0 aromatic heterocycles. The fourth-order valence-electron chi connectivity index (χ4n) is 6.75. The zero-order chi connectivity index (χ0) is 32.9. The van der Waals surface area contributed by atoms with Crippen LogP contribution in [0.25, 0.3) is 0 Å². The van der Waals surface area contributed by atoms with Crippen LogP contribution in [0.3, 0.4) is 0 Å². The molecule has 1 fully saturated rings. The molecular weight excluding hydrogens is 591 g/mol. The molecule has 0 saturated heterocycles. The van der Waals surface area contributed by atoms with Crippen molar-refractivity contribution in [2.45, 2.75) is 95.1 Å². The van der Waals surface area contributed by atoms with E-state index in [9.17, 15) is 27.9 Å². The molecule has 3 aromatic rings. The lowest BCUT2D eigenvalue weighted by Crippen LogP contribution is -2.50. The maximum absolute atomic E-state index is 13.8. The first-order chi connectivity index (χ1) is 22.1. The van der Waals surface area contributed by atoms with Gasteiger partial charge in [-0.15, -0.1) is 0 Å². The van der Waals surface area contributed by atoms with Crippen molar-refractivity contribution in [2.24, 2.45) is 0 Å². The molecule has 2 amide bonds. The third-order valence-electron chi connectivity index (χ3n) is 9.42. The quantitative estimate of drug-likeness (QED) is 0.185. The average molecular weight is 636 g/mol. The molecule has 2 aliphatic rings. The fourth-order valence-corrected chi connectivity index (χ4v) is 6.75. The van der Waals surface area contributed by atoms with Crippen LogP contribution in [0, 0.1) is 0 Å². The first-order valence-corrected chi connectivity index (χ1v) is 16.4. The van der Waals surface area contributed by atoms with Gasteiger partial charge in [0.05, 0.1) is 17.7 Å². The molecule has 9 heteroatoms. The summed E-state index contributed by atoms with van der Waals surface area (Å²) < 4.78 is 40.2. The van der Waals surface area contributed by atoms with Crippen LogP contribution in [-0.4, -0.2) is 53.1 Å². The number of carbonyl (C=O) groups excluding carboxylic acids is 2. The highest BCUT2D eigenvalue weighted by molar-refractivity contribution is 6.03. The Morgan fingerprint density at radius 1 is 0.978 bits per heavy atom. The Kier molecular flexibility index (Phi) is 10.5. The number of nitrogens with one attached hydrogen (secondary N) is 2. The third kappa shape index (κ3) is 7.64. The van der Waals surface area contributed by atoms with Gasteiger partial charge in [0.1, 0.15) is 0 Å². The van der Waals surface area contributed by atoms with Crippen LogP contribution in [0.2, 0.25) is 0 Å². The SMILES string of the molecule is CCCC(CCC)N1CCc2c(C(=O)NC(Cc3ccccc3)C(O)CNC3(c4cccc(C(F)(F)F)c4)CC3)cccc2C1=O. The zero-order valence-corrected chi connectivity index (χ0v) is 26.6. The van der Waals surface area contributed by atoms with Crippen molar-refractivity contribution in [2.75, 3.05) is 13.1 Å². The molecule has 1 aliphatic carbocycles. The predicted octanol–water partition coefficient (Wildman–Crippen LogP) is 6.65. The summed E-state index contributed by atoms with van der Waals surface area (Å²) in [4.78, 5) is 29.4. The first-order valence-electron chi connectivity index (χ1n) is 16.4. The van der Waals surface area contributed by atoms with Gasteiger partial charge in [-0.05, 0) is 79.5 Å². The Morgan fingerprint density at radius 3 is 2.33 bits per heavy atom. The van der Waals surface area contributed by atoms with E-state index in [4.69, 9.17) is 0 Å².